The van der Waals surface area contributed by atoms with Crippen molar-refractivity contribution >= 4 is 44.6 Å². The zero-order chi connectivity index (χ0) is 15.0. The molecule has 4 N–H and O–H groups in total. The van der Waals surface area contributed by atoms with Crippen molar-refractivity contribution in [1.29, 1.82) is 0 Å². The number of anilines is 4. The highest BCUT2D eigenvalue weighted by molar-refractivity contribution is 9.10. The van der Waals surface area contributed by atoms with E-state index < -0.39 is 0 Å². The van der Waals surface area contributed by atoms with Crippen LogP contribution in [0.25, 0.3) is 0 Å². The molecule has 0 radical (unpaired) electrons. The maximum Gasteiger partial charge on any atom is 0.262 e. The summed E-state index contributed by atoms with van der Waals surface area (Å²) in [5, 5.41) is 6.02. The van der Waals surface area contributed by atoms with Crippen molar-refractivity contribution in [3.63, 3.8) is 0 Å². The predicted octanol–water partition coefficient (Wildman–Crippen LogP) is 3.41. The molecular weight excluding hydrogens is 334 g/mol. The molecule has 108 valence electrons. The minimum atomic E-state index is -0.169. The summed E-state index contributed by atoms with van der Waals surface area (Å²) in [6.07, 6.45) is 0. The Morgan fingerprint density at radius 3 is 2.90 bits per heavy atom. The van der Waals surface area contributed by atoms with Crippen molar-refractivity contribution in [2.24, 2.45) is 0 Å². The van der Waals surface area contributed by atoms with Crippen LogP contribution in [0.3, 0.4) is 0 Å². The number of rotatable bonds is 2. The first-order valence-electron chi connectivity index (χ1n) is 6.42. The van der Waals surface area contributed by atoms with Gasteiger partial charge >= 0.3 is 0 Å². The second-order valence-electron chi connectivity index (χ2n) is 4.86. The summed E-state index contributed by atoms with van der Waals surface area (Å²) in [4.78, 5) is 11.4. The molecule has 1 aliphatic rings. The van der Waals surface area contributed by atoms with E-state index in [1.54, 1.807) is 12.1 Å². The van der Waals surface area contributed by atoms with Crippen LogP contribution in [-0.4, -0.2) is 12.5 Å². The molecule has 2 aromatic carbocycles. The van der Waals surface area contributed by atoms with Crippen molar-refractivity contribution in [3.8, 4) is 5.75 Å². The molecule has 1 heterocycles. The molecule has 1 amide bonds. The number of fused-ring (bicyclic) bond motifs is 1. The Balaban J connectivity index is 1.93. The van der Waals surface area contributed by atoms with Gasteiger partial charge in [-0.2, -0.15) is 0 Å². The third kappa shape index (κ3) is 2.80. The quantitative estimate of drug-likeness (QED) is 0.727. The third-order valence-corrected chi connectivity index (χ3v) is 4.11. The van der Waals surface area contributed by atoms with Crippen LogP contribution < -0.4 is 21.1 Å². The average molecular weight is 348 g/mol. The summed E-state index contributed by atoms with van der Waals surface area (Å²) in [7, 11) is 0. The van der Waals surface area contributed by atoms with Crippen LogP contribution >= 0.6 is 15.9 Å². The molecular formula is C15H14BrN3O2. The first-order chi connectivity index (χ1) is 10.0. The largest absolute Gasteiger partial charge is 0.482 e. The number of benzene rings is 2. The Kier molecular flexibility index (Phi) is 3.47. The minimum Gasteiger partial charge on any atom is -0.482 e. The van der Waals surface area contributed by atoms with E-state index in [0.29, 0.717) is 17.1 Å². The number of halogens is 1. The molecule has 2 aromatic rings. The zero-order valence-electron chi connectivity index (χ0n) is 11.4. The van der Waals surface area contributed by atoms with Gasteiger partial charge in [-0.05, 0) is 36.8 Å². The van der Waals surface area contributed by atoms with Gasteiger partial charge in [0.2, 0.25) is 0 Å². The van der Waals surface area contributed by atoms with Crippen LogP contribution in [0.1, 0.15) is 5.56 Å². The molecule has 21 heavy (non-hydrogen) atoms. The lowest BCUT2D eigenvalue weighted by Crippen LogP contribution is -2.25. The van der Waals surface area contributed by atoms with Gasteiger partial charge in [0.05, 0.1) is 17.1 Å². The molecule has 0 saturated heterocycles. The van der Waals surface area contributed by atoms with Gasteiger partial charge in [0, 0.05) is 16.2 Å². The third-order valence-electron chi connectivity index (χ3n) is 3.22. The predicted molar refractivity (Wildman–Crippen MR) is 87.1 cm³/mol. The molecule has 0 saturated carbocycles. The Labute approximate surface area is 130 Å². The molecule has 0 unspecified atom stereocenters. The summed E-state index contributed by atoms with van der Waals surface area (Å²) in [6.45, 7) is 2.03. The molecule has 0 atom stereocenters. The van der Waals surface area contributed by atoms with E-state index in [4.69, 9.17) is 10.5 Å². The van der Waals surface area contributed by atoms with E-state index in [1.807, 2.05) is 25.1 Å². The number of nitrogens with one attached hydrogen (secondary N) is 2. The van der Waals surface area contributed by atoms with Crippen molar-refractivity contribution in [3.05, 3.63) is 40.4 Å². The normalized spacial score (nSPS) is 13.1. The Hall–Kier alpha value is -2.21. The first kappa shape index (κ1) is 13.8. The number of amides is 1. The summed E-state index contributed by atoms with van der Waals surface area (Å²) >= 11 is 3.47. The van der Waals surface area contributed by atoms with Crippen molar-refractivity contribution in [2.45, 2.75) is 6.92 Å². The Bertz CT molecular complexity index is 731. The van der Waals surface area contributed by atoms with Gasteiger partial charge in [-0.3, -0.25) is 4.79 Å². The van der Waals surface area contributed by atoms with E-state index in [0.717, 1.165) is 21.4 Å². The average Bonchev–Trinajstić information content (AvgIpc) is 2.44. The van der Waals surface area contributed by atoms with Gasteiger partial charge in [0.15, 0.2) is 6.61 Å². The van der Waals surface area contributed by atoms with Crippen molar-refractivity contribution in [1.82, 2.24) is 0 Å². The fourth-order valence-corrected chi connectivity index (χ4v) is 2.38. The summed E-state index contributed by atoms with van der Waals surface area (Å²) in [6, 6.07) is 9.42. The highest BCUT2D eigenvalue weighted by atomic mass is 79.9. The van der Waals surface area contributed by atoms with Crippen LogP contribution in [0.2, 0.25) is 0 Å². The van der Waals surface area contributed by atoms with Gasteiger partial charge in [-0.15, -0.1) is 0 Å². The first-order valence-corrected chi connectivity index (χ1v) is 7.21. The molecule has 5 nitrogen and oxygen atoms in total. The molecule has 0 spiro atoms. The summed E-state index contributed by atoms with van der Waals surface area (Å²) in [5.41, 5.74) is 9.98. The lowest BCUT2D eigenvalue weighted by atomic mass is 10.1. The fourth-order valence-electron chi connectivity index (χ4n) is 2.13. The van der Waals surface area contributed by atoms with Crippen LogP contribution in [0, 0.1) is 6.92 Å². The minimum absolute atomic E-state index is 0.0190. The maximum absolute atomic E-state index is 11.4. The Morgan fingerprint density at radius 2 is 2.14 bits per heavy atom. The number of nitrogen functional groups attached to an aromatic ring is 1. The van der Waals surface area contributed by atoms with E-state index in [9.17, 15) is 4.79 Å². The van der Waals surface area contributed by atoms with Gasteiger partial charge in [-0.1, -0.05) is 15.9 Å². The number of nitrogens with two attached hydrogens (primary N) is 1. The van der Waals surface area contributed by atoms with Gasteiger partial charge in [0.1, 0.15) is 5.75 Å². The van der Waals surface area contributed by atoms with Crippen LogP contribution in [-0.2, 0) is 4.79 Å². The monoisotopic (exact) mass is 347 g/mol. The number of carbonyl (C=O) groups excluding carboxylic acids is 1. The number of hydrogen-bond donors (Lipinski definition) is 3. The van der Waals surface area contributed by atoms with Crippen molar-refractivity contribution in [2.75, 3.05) is 23.0 Å². The van der Waals surface area contributed by atoms with E-state index in [2.05, 4.69) is 26.6 Å². The number of ether oxygens (including phenoxy) is 1. The number of hydrogen-bond acceptors (Lipinski definition) is 4. The summed E-state index contributed by atoms with van der Waals surface area (Å²) < 4.78 is 6.38. The lowest BCUT2D eigenvalue weighted by Gasteiger charge is -2.20. The van der Waals surface area contributed by atoms with Gasteiger partial charge in [0.25, 0.3) is 5.91 Å². The molecule has 1 aliphatic heterocycles. The molecule has 0 fully saturated rings. The standard InChI is InChI=1S/C15H14BrN3O2/c1-8-4-9(2-3-10(8)16)18-12-6-13-14(5-11(12)17)21-7-15(20)19-13/h2-6,18H,7,17H2,1H3,(H,19,20). The number of aryl methyl sites for hydroxylation is 1. The number of carbonyl (C=O) groups is 1. The highest BCUT2D eigenvalue weighted by Gasteiger charge is 2.18. The van der Waals surface area contributed by atoms with Crippen molar-refractivity contribution < 1.29 is 9.53 Å². The van der Waals surface area contributed by atoms with E-state index >= 15 is 0 Å². The molecule has 0 aromatic heterocycles. The van der Waals surface area contributed by atoms with Gasteiger partial charge in [-0.25, -0.2) is 0 Å². The van der Waals surface area contributed by atoms with Crippen LogP contribution in [0.5, 0.6) is 5.75 Å². The summed E-state index contributed by atoms with van der Waals surface area (Å²) in [5.74, 6) is 0.419. The molecule has 0 bridgehead atoms. The van der Waals surface area contributed by atoms with E-state index in [-0.39, 0.29) is 12.5 Å². The second-order valence-corrected chi connectivity index (χ2v) is 5.72. The topological polar surface area (TPSA) is 76.4 Å². The smallest absolute Gasteiger partial charge is 0.262 e. The highest BCUT2D eigenvalue weighted by Crippen LogP contribution is 2.36. The second kappa shape index (κ2) is 5.29. The lowest BCUT2D eigenvalue weighted by molar-refractivity contribution is -0.118. The molecule has 6 heteroatoms. The zero-order valence-corrected chi connectivity index (χ0v) is 13.0. The van der Waals surface area contributed by atoms with E-state index in [1.165, 1.54) is 0 Å². The molecule has 0 aliphatic carbocycles. The van der Waals surface area contributed by atoms with Crippen LogP contribution in [0.4, 0.5) is 22.7 Å². The maximum atomic E-state index is 11.4. The SMILES string of the molecule is Cc1cc(Nc2cc3c(cc2N)OCC(=O)N3)ccc1Br. The van der Waals surface area contributed by atoms with Crippen LogP contribution in [0.15, 0.2) is 34.8 Å². The Morgan fingerprint density at radius 1 is 1.33 bits per heavy atom. The van der Waals surface area contributed by atoms with Gasteiger partial charge < -0.3 is 21.1 Å². The molecule has 3 rings (SSSR count). The fraction of sp³-hybridized carbons (Fsp3) is 0.133.